The van der Waals surface area contributed by atoms with Crippen molar-refractivity contribution in [3.05, 3.63) is 36.0 Å². The third-order valence-corrected chi connectivity index (χ3v) is 4.78. The van der Waals surface area contributed by atoms with Gasteiger partial charge in [-0.1, -0.05) is 17.3 Å². The first-order valence-electron chi connectivity index (χ1n) is 6.83. The molecule has 5 nitrogen and oxygen atoms in total. The predicted octanol–water partition coefficient (Wildman–Crippen LogP) is 2.37. The van der Waals surface area contributed by atoms with E-state index < -0.39 is 0 Å². The molecule has 0 saturated carbocycles. The number of aromatic nitrogens is 2. The number of rotatable bonds is 2. The summed E-state index contributed by atoms with van der Waals surface area (Å²) in [6, 6.07) is 8.06. The topological polar surface area (TPSA) is 60.2 Å². The number of nitrogens with zero attached hydrogens (tertiary/aromatic N) is 2. The van der Waals surface area contributed by atoms with Crippen molar-refractivity contribution in [1.82, 2.24) is 15.5 Å². The summed E-state index contributed by atoms with van der Waals surface area (Å²) >= 11 is 1.77. The van der Waals surface area contributed by atoms with E-state index in [-0.39, 0.29) is 6.10 Å². The van der Waals surface area contributed by atoms with Crippen LogP contribution in [0.15, 0.2) is 33.7 Å². The van der Waals surface area contributed by atoms with Crippen LogP contribution in [0.3, 0.4) is 0 Å². The van der Waals surface area contributed by atoms with Crippen LogP contribution in [0.1, 0.15) is 30.2 Å². The number of thioether (sulfide) groups is 1. The van der Waals surface area contributed by atoms with Gasteiger partial charge in [-0.2, -0.15) is 4.98 Å². The smallest absolute Gasteiger partial charge is 0.231 e. The van der Waals surface area contributed by atoms with Crippen molar-refractivity contribution in [1.29, 1.82) is 0 Å². The molecule has 3 heterocycles. The zero-order valence-corrected chi connectivity index (χ0v) is 11.7. The van der Waals surface area contributed by atoms with Crippen LogP contribution in [0.5, 0.6) is 5.75 Å². The van der Waals surface area contributed by atoms with Crippen molar-refractivity contribution >= 4 is 11.8 Å². The Hall–Kier alpha value is -1.53. The molecule has 104 valence electrons. The molecule has 2 aliphatic heterocycles. The molecule has 1 fully saturated rings. The highest BCUT2D eigenvalue weighted by Gasteiger charge is 2.28. The molecule has 6 heteroatoms. The Morgan fingerprint density at radius 3 is 3.15 bits per heavy atom. The SMILES string of the molecule is c1ccc2c(c1)OC(c1noc(C3CCNC3)n1)CS2. The first-order chi connectivity index (χ1) is 9.90. The zero-order valence-electron chi connectivity index (χ0n) is 10.9. The van der Waals surface area contributed by atoms with E-state index in [1.54, 1.807) is 11.8 Å². The maximum absolute atomic E-state index is 5.97. The van der Waals surface area contributed by atoms with Gasteiger partial charge in [-0.25, -0.2) is 0 Å². The molecule has 0 radical (unpaired) electrons. The molecule has 0 bridgehead atoms. The quantitative estimate of drug-likeness (QED) is 0.916. The third kappa shape index (κ3) is 2.19. The summed E-state index contributed by atoms with van der Waals surface area (Å²) in [5.41, 5.74) is 0. The maximum atomic E-state index is 5.97. The van der Waals surface area contributed by atoms with Gasteiger partial charge in [0.15, 0.2) is 6.10 Å². The molecular weight excluding hydrogens is 274 g/mol. The highest BCUT2D eigenvalue weighted by Crippen LogP contribution is 2.39. The predicted molar refractivity (Wildman–Crippen MR) is 75.1 cm³/mol. The van der Waals surface area contributed by atoms with E-state index in [1.807, 2.05) is 18.2 Å². The van der Waals surface area contributed by atoms with Crippen molar-refractivity contribution in [3.8, 4) is 5.75 Å². The van der Waals surface area contributed by atoms with Crippen LogP contribution >= 0.6 is 11.8 Å². The van der Waals surface area contributed by atoms with E-state index in [0.717, 1.165) is 36.9 Å². The number of para-hydroxylation sites is 1. The van der Waals surface area contributed by atoms with E-state index in [9.17, 15) is 0 Å². The lowest BCUT2D eigenvalue weighted by molar-refractivity contribution is 0.205. The Morgan fingerprint density at radius 1 is 1.30 bits per heavy atom. The molecule has 1 N–H and O–H groups in total. The van der Waals surface area contributed by atoms with Gasteiger partial charge in [-0.3, -0.25) is 0 Å². The van der Waals surface area contributed by atoms with Gasteiger partial charge in [0.1, 0.15) is 5.75 Å². The van der Waals surface area contributed by atoms with E-state index in [0.29, 0.717) is 11.7 Å². The maximum Gasteiger partial charge on any atom is 0.231 e. The molecule has 2 unspecified atom stereocenters. The monoisotopic (exact) mass is 289 g/mol. The van der Waals surface area contributed by atoms with Crippen molar-refractivity contribution in [3.63, 3.8) is 0 Å². The van der Waals surface area contributed by atoms with Gasteiger partial charge in [0.05, 0.1) is 5.92 Å². The Morgan fingerprint density at radius 2 is 2.25 bits per heavy atom. The van der Waals surface area contributed by atoms with Crippen LogP contribution in [0.2, 0.25) is 0 Å². The molecule has 0 amide bonds. The summed E-state index contributed by atoms with van der Waals surface area (Å²) in [6.07, 6.45) is 0.937. The van der Waals surface area contributed by atoms with Crippen molar-refractivity contribution in [2.45, 2.75) is 23.3 Å². The van der Waals surface area contributed by atoms with Gasteiger partial charge in [-0.05, 0) is 25.1 Å². The summed E-state index contributed by atoms with van der Waals surface area (Å²) in [7, 11) is 0. The third-order valence-electron chi connectivity index (χ3n) is 3.66. The lowest BCUT2D eigenvalue weighted by Gasteiger charge is -2.22. The molecule has 1 aromatic carbocycles. The van der Waals surface area contributed by atoms with Crippen LogP contribution in [-0.4, -0.2) is 29.0 Å². The fourth-order valence-electron chi connectivity index (χ4n) is 2.56. The van der Waals surface area contributed by atoms with Gasteiger partial charge >= 0.3 is 0 Å². The lowest BCUT2D eigenvalue weighted by atomic mass is 10.1. The Bertz CT molecular complexity index is 610. The highest BCUT2D eigenvalue weighted by molar-refractivity contribution is 7.99. The van der Waals surface area contributed by atoms with Crippen LogP contribution < -0.4 is 10.1 Å². The minimum atomic E-state index is -0.123. The molecule has 1 aromatic heterocycles. The number of benzene rings is 1. The van der Waals surface area contributed by atoms with Crippen LogP contribution in [-0.2, 0) is 0 Å². The molecule has 2 atom stereocenters. The standard InChI is InChI=1S/C14H15N3O2S/c1-2-4-12-10(3-1)18-11(8-20-12)13-16-14(19-17-13)9-5-6-15-7-9/h1-4,9,11,15H,5-8H2. The first kappa shape index (κ1) is 12.2. The average Bonchev–Trinajstić information content (AvgIpc) is 3.17. The highest BCUT2D eigenvalue weighted by atomic mass is 32.2. The van der Waals surface area contributed by atoms with Crippen LogP contribution in [0.4, 0.5) is 0 Å². The fraction of sp³-hybridized carbons (Fsp3) is 0.429. The van der Waals surface area contributed by atoms with Gasteiger partial charge in [0.25, 0.3) is 0 Å². The number of ether oxygens (including phenoxy) is 1. The minimum Gasteiger partial charge on any atom is -0.480 e. The van der Waals surface area contributed by atoms with E-state index in [4.69, 9.17) is 9.26 Å². The van der Waals surface area contributed by atoms with Crippen molar-refractivity contribution in [2.24, 2.45) is 0 Å². The summed E-state index contributed by atoms with van der Waals surface area (Å²) in [4.78, 5) is 5.71. The molecule has 20 heavy (non-hydrogen) atoms. The minimum absolute atomic E-state index is 0.123. The Labute approximate surface area is 121 Å². The second-order valence-corrected chi connectivity index (χ2v) is 6.11. The van der Waals surface area contributed by atoms with Crippen LogP contribution in [0.25, 0.3) is 0 Å². The van der Waals surface area contributed by atoms with Crippen LogP contribution in [0, 0.1) is 0 Å². The second-order valence-electron chi connectivity index (χ2n) is 5.04. The summed E-state index contributed by atoms with van der Waals surface area (Å²) in [5, 5.41) is 7.41. The van der Waals surface area contributed by atoms with Gasteiger partial charge < -0.3 is 14.6 Å². The van der Waals surface area contributed by atoms with E-state index in [2.05, 4.69) is 21.5 Å². The summed E-state index contributed by atoms with van der Waals surface area (Å²) in [5.74, 6) is 3.47. The van der Waals surface area contributed by atoms with E-state index in [1.165, 1.54) is 4.90 Å². The number of hydrogen-bond donors (Lipinski definition) is 1. The van der Waals surface area contributed by atoms with Gasteiger partial charge in [0, 0.05) is 17.2 Å². The molecule has 2 aliphatic rings. The summed E-state index contributed by atoms with van der Waals surface area (Å²) in [6.45, 7) is 1.94. The Balaban J connectivity index is 1.54. The normalized spacial score (nSPS) is 25.2. The lowest BCUT2D eigenvalue weighted by Crippen LogP contribution is -2.16. The van der Waals surface area contributed by atoms with Gasteiger partial charge in [-0.15, -0.1) is 11.8 Å². The average molecular weight is 289 g/mol. The Kier molecular flexibility index (Phi) is 3.12. The molecule has 4 rings (SSSR count). The molecular formula is C14H15N3O2S. The molecule has 2 aromatic rings. The zero-order chi connectivity index (χ0) is 13.4. The summed E-state index contributed by atoms with van der Waals surface area (Å²) < 4.78 is 11.4. The molecule has 1 saturated heterocycles. The van der Waals surface area contributed by atoms with Gasteiger partial charge in [0.2, 0.25) is 11.7 Å². The fourth-order valence-corrected chi connectivity index (χ4v) is 3.54. The first-order valence-corrected chi connectivity index (χ1v) is 7.81. The van der Waals surface area contributed by atoms with Crippen molar-refractivity contribution in [2.75, 3.05) is 18.8 Å². The second kappa shape index (κ2) is 5.10. The largest absolute Gasteiger partial charge is 0.480 e. The molecule has 0 aliphatic carbocycles. The number of fused-ring (bicyclic) bond motifs is 1. The molecule has 0 spiro atoms. The van der Waals surface area contributed by atoms with Crippen molar-refractivity contribution < 1.29 is 9.26 Å². The van der Waals surface area contributed by atoms with E-state index >= 15 is 0 Å². The number of hydrogen-bond acceptors (Lipinski definition) is 6. The number of nitrogens with one attached hydrogen (secondary N) is 1.